The Kier molecular flexibility index (Phi) is 5.94. The van der Waals surface area contributed by atoms with Gasteiger partial charge in [-0.2, -0.15) is 0 Å². The molecule has 1 rings (SSSR count). The van der Waals surface area contributed by atoms with E-state index in [4.69, 9.17) is 0 Å². The van der Waals surface area contributed by atoms with Crippen molar-refractivity contribution in [3.63, 3.8) is 0 Å². The van der Waals surface area contributed by atoms with Crippen molar-refractivity contribution < 1.29 is 5.11 Å². The zero-order valence-corrected chi connectivity index (χ0v) is 12.2. The van der Waals surface area contributed by atoms with Crippen molar-refractivity contribution >= 4 is 0 Å². The van der Waals surface area contributed by atoms with Gasteiger partial charge in [-0.1, -0.05) is 46.0 Å². The number of hydrogen-bond donors (Lipinski definition) is 1. The van der Waals surface area contributed by atoms with Crippen molar-refractivity contribution in [2.24, 2.45) is 5.92 Å². The third-order valence-electron chi connectivity index (χ3n) is 4.49. The SMILES string of the molecule is CC(C)CCCC(O)C1(N(C)C)CCCCC1. The molecule has 1 unspecified atom stereocenters. The van der Waals surface area contributed by atoms with Gasteiger partial charge in [0.15, 0.2) is 0 Å². The zero-order valence-electron chi connectivity index (χ0n) is 12.2. The van der Waals surface area contributed by atoms with Crippen LogP contribution in [0.4, 0.5) is 0 Å². The predicted octanol–water partition coefficient (Wildman–Crippen LogP) is 3.44. The highest BCUT2D eigenvalue weighted by atomic mass is 16.3. The van der Waals surface area contributed by atoms with Crippen LogP contribution in [0.1, 0.15) is 65.2 Å². The molecule has 0 aromatic carbocycles. The van der Waals surface area contributed by atoms with Crippen LogP contribution in [0.25, 0.3) is 0 Å². The standard InChI is InChI=1S/C15H31NO/c1-13(2)9-8-10-14(17)15(16(3)4)11-6-5-7-12-15/h13-14,17H,5-12H2,1-4H3. The first kappa shape index (κ1) is 15.0. The Hall–Kier alpha value is -0.0800. The van der Waals surface area contributed by atoms with E-state index in [1.54, 1.807) is 0 Å². The quantitative estimate of drug-likeness (QED) is 0.770. The molecular formula is C15H31NO. The fourth-order valence-corrected chi connectivity index (χ4v) is 3.23. The summed E-state index contributed by atoms with van der Waals surface area (Å²) in [6, 6.07) is 0. The Morgan fingerprint density at radius 1 is 1.06 bits per heavy atom. The first-order valence-electron chi connectivity index (χ1n) is 7.34. The average Bonchev–Trinajstić information content (AvgIpc) is 2.29. The van der Waals surface area contributed by atoms with Gasteiger partial charge in [0, 0.05) is 5.54 Å². The summed E-state index contributed by atoms with van der Waals surface area (Å²) in [6.45, 7) is 4.52. The monoisotopic (exact) mass is 241 g/mol. The highest BCUT2D eigenvalue weighted by molar-refractivity contribution is 4.96. The minimum Gasteiger partial charge on any atom is -0.391 e. The highest BCUT2D eigenvalue weighted by Crippen LogP contribution is 2.36. The van der Waals surface area contributed by atoms with Gasteiger partial charge in [-0.3, -0.25) is 0 Å². The van der Waals surface area contributed by atoms with Crippen molar-refractivity contribution in [2.45, 2.75) is 76.9 Å². The molecule has 0 aromatic rings. The molecule has 2 nitrogen and oxygen atoms in total. The number of aliphatic hydroxyl groups excluding tert-OH is 1. The number of likely N-dealkylation sites (N-methyl/N-ethyl adjacent to an activating group) is 1. The van der Waals surface area contributed by atoms with Gasteiger partial charge in [-0.15, -0.1) is 0 Å². The van der Waals surface area contributed by atoms with E-state index in [0.717, 1.165) is 18.8 Å². The summed E-state index contributed by atoms with van der Waals surface area (Å²) in [6.07, 6.45) is 9.46. The molecule has 0 aromatic heterocycles. The van der Waals surface area contributed by atoms with Gasteiger partial charge in [0.05, 0.1) is 6.10 Å². The number of hydrogen-bond acceptors (Lipinski definition) is 2. The summed E-state index contributed by atoms with van der Waals surface area (Å²) in [5, 5.41) is 10.6. The number of nitrogens with zero attached hydrogens (tertiary/aromatic N) is 1. The van der Waals surface area contributed by atoms with Crippen molar-refractivity contribution in [3.05, 3.63) is 0 Å². The minimum absolute atomic E-state index is 0.0647. The Bertz CT molecular complexity index is 207. The van der Waals surface area contributed by atoms with E-state index < -0.39 is 0 Å². The van der Waals surface area contributed by atoms with E-state index in [1.165, 1.54) is 38.5 Å². The maximum atomic E-state index is 10.6. The fraction of sp³-hybridized carbons (Fsp3) is 1.00. The summed E-state index contributed by atoms with van der Waals surface area (Å²) in [5.74, 6) is 0.754. The first-order chi connectivity index (χ1) is 7.99. The Morgan fingerprint density at radius 2 is 1.65 bits per heavy atom. The van der Waals surface area contributed by atoms with Crippen LogP contribution in [0.3, 0.4) is 0 Å². The molecule has 1 aliphatic carbocycles. The largest absolute Gasteiger partial charge is 0.391 e. The third kappa shape index (κ3) is 3.96. The lowest BCUT2D eigenvalue weighted by molar-refractivity contribution is -0.0368. The van der Waals surface area contributed by atoms with Crippen LogP contribution in [-0.4, -0.2) is 35.7 Å². The van der Waals surface area contributed by atoms with Crippen LogP contribution in [0.2, 0.25) is 0 Å². The lowest BCUT2D eigenvalue weighted by Crippen LogP contribution is -2.54. The topological polar surface area (TPSA) is 23.5 Å². The lowest BCUT2D eigenvalue weighted by Gasteiger charge is -2.46. The molecule has 2 heteroatoms. The molecule has 1 atom stereocenters. The molecule has 102 valence electrons. The third-order valence-corrected chi connectivity index (χ3v) is 4.49. The van der Waals surface area contributed by atoms with Crippen LogP contribution >= 0.6 is 0 Å². The molecule has 0 amide bonds. The van der Waals surface area contributed by atoms with E-state index >= 15 is 0 Å². The average molecular weight is 241 g/mol. The van der Waals surface area contributed by atoms with E-state index in [1.807, 2.05) is 0 Å². The lowest BCUT2D eigenvalue weighted by atomic mass is 9.75. The second-order valence-corrected chi connectivity index (χ2v) is 6.40. The van der Waals surface area contributed by atoms with Crippen LogP contribution in [0, 0.1) is 5.92 Å². The van der Waals surface area contributed by atoms with Gasteiger partial charge in [0.2, 0.25) is 0 Å². The number of aliphatic hydroxyl groups is 1. The van der Waals surface area contributed by atoms with Gasteiger partial charge < -0.3 is 10.0 Å². The Morgan fingerprint density at radius 3 is 2.12 bits per heavy atom. The normalized spacial score (nSPS) is 22.1. The van der Waals surface area contributed by atoms with Crippen LogP contribution in [0.5, 0.6) is 0 Å². The molecule has 1 N–H and O–H groups in total. The van der Waals surface area contributed by atoms with Crippen LogP contribution in [0.15, 0.2) is 0 Å². The molecule has 0 bridgehead atoms. The maximum Gasteiger partial charge on any atom is 0.0723 e. The van der Waals surface area contributed by atoms with Crippen LogP contribution < -0.4 is 0 Å². The molecule has 0 aliphatic heterocycles. The zero-order chi connectivity index (χ0) is 12.9. The van der Waals surface area contributed by atoms with Gasteiger partial charge in [-0.25, -0.2) is 0 Å². The fourth-order valence-electron chi connectivity index (χ4n) is 3.23. The molecule has 1 saturated carbocycles. The van der Waals surface area contributed by atoms with E-state index in [0.29, 0.717) is 0 Å². The van der Waals surface area contributed by atoms with Gasteiger partial charge >= 0.3 is 0 Å². The first-order valence-corrected chi connectivity index (χ1v) is 7.34. The van der Waals surface area contributed by atoms with Crippen molar-refractivity contribution in [1.82, 2.24) is 4.90 Å². The highest BCUT2D eigenvalue weighted by Gasteiger charge is 2.40. The van der Waals surface area contributed by atoms with Crippen molar-refractivity contribution in [2.75, 3.05) is 14.1 Å². The summed E-state index contributed by atoms with van der Waals surface area (Å²) < 4.78 is 0. The summed E-state index contributed by atoms with van der Waals surface area (Å²) in [7, 11) is 4.27. The van der Waals surface area contributed by atoms with Crippen molar-refractivity contribution in [3.8, 4) is 0 Å². The van der Waals surface area contributed by atoms with E-state index in [9.17, 15) is 5.11 Å². The van der Waals surface area contributed by atoms with Gasteiger partial charge in [-0.05, 0) is 39.3 Å². The summed E-state index contributed by atoms with van der Waals surface area (Å²) in [4.78, 5) is 2.28. The van der Waals surface area contributed by atoms with E-state index in [2.05, 4.69) is 32.8 Å². The molecule has 17 heavy (non-hydrogen) atoms. The van der Waals surface area contributed by atoms with E-state index in [-0.39, 0.29) is 11.6 Å². The molecule has 0 heterocycles. The smallest absolute Gasteiger partial charge is 0.0723 e. The van der Waals surface area contributed by atoms with Gasteiger partial charge in [0.25, 0.3) is 0 Å². The minimum atomic E-state index is -0.142. The molecule has 1 aliphatic rings. The molecule has 0 spiro atoms. The number of rotatable bonds is 6. The Labute approximate surface area is 107 Å². The second kappa shape index (κ2) is 6.75. The molecule has 0 saturated heterocycles. The maximum absolute atomic E-state index is 10.6. The molecule has 0 radical (unpaired) electrons. The summed E-state index contributed by atoms with van der Waals surface area (Å²) in [5.41, 5.74) is 0.0647. The Balaban J connectivity index is 2.51. The van der Waals surface area contributed by atoms with Crippen LogP contribution in [-0.2, 0) is 0 Å². The second-order valence-electron chi connectivity index (χ2n) is 6.40. The predicted molar refractivity (Wildman–Crippen MR) is 74.2 cm³/mol. The van der Waals surface area contributed by atoms with Crippen molar-refractivity contribution in [1.29, 1.82) is 0 Å². The summed E-state index contributed by atoms with van der Waals surface area (Å²) >= 11 is 0. The molecular weight excluding hydrogens is 210 g/mol. The molecule has 1 fully saturated rings. The van der Waals surface area contributed by atoms with Gasteiger partial charge in [0.1, 0.15) is 0 Å².